The van der Waals surface area contributed by atoms with Crippen LogP contribution in [0.1, 0.15) is 32.9 Å². The van der Waals surface area contributed by atoms with E-state index >= 15 is 0 Å². The van der Waals surface area contributed by atoms with E-state index in [1.807, 2.05) is 12.3 Å². The molecule has 0 saturated carbocycles. The maximum Gasteiger partial charge on any atom is 0.246 e. The number of anilines is 1. The zero-order chi connectivity index (χ0) is 15.9. The first kappa shape index (κ1) is 16.9. The maximum absolute atomic E-state index is 11.9. The summed E-state index contributed by atoms with van der Waals surface area (Å²) in [5.41, 5.74) is 4.35. The van der Waals surface area contributed by atoms with E-state index in [1.165, 1.54) is 0 Å². The highest BCUT2D eigenvalue weighted by atomic mass is 32.1. The maximum atomic E-state index is 11.9. The molecule has 2 rings (SSSR count). The van der Waals surface area contributed by atoms with Crippen molar-refractivity contribution < 1.29 is 9.53 Å². The fourth-order valence-electron chi connectivity index (χ4n) is 2.04. The van der Waals surface area contributed by atoms with Gasteiger partial charge in [-0.2, -0.15) is 5.10 Å². The lowest BCUT2D eigenvalue weighted by molar-refractivity contribution is -0.120. The molecule has 1 aromatic rings. The zero-order valence-corrected chi connectivity index (χ0v) is 14.3. The summed E-state index contributed by atoms with van der Waals surface area (Å²) in [5, 5.41) is 7.06. The summed E-state index contributed by atoms with van der Waals surface area (Å²) in [4.78, 5) is 18.7. The van der Waals surface area contributed by atoms with Crippen LogP contribution in [0.4, 0.5) is 5.13 Å². The van der Waals surface area contributed by atoms with Crippen LogP contribution in [0.2, 0.25) is 0 Å². The number of rotatable bonds is 6. The smallest absolute Gasteiger partial charge is 0.246 e. The van der Waals surface area contributed by atoms with Crippen LogP contribution in [0.15, 0.2) is 10.5 Å². The number of thiazole rings is 1. The van der Waals surface area contributed by atoms with Crippen LogP contribution in [0.3, 0.4) is 0 Å². The Balaban J connectivity index is 1.85. The van der Waals surface area contributed by atoms with Crippen LogP contribution >= 0.6 is 11.3 Å². The normalized spacial score (nSPS) is 17.4. The van der Waals surface area contributed by atoms with E-state index < -0.39 is 0 Å². The van der Waals surface area contributed by atoms with Crippen LogP contribution in [-0.2, 0) is 16.0 Å². The number of hydrazone groups is 1. The molecule has 0 bridgehead atoms. The van der Waals surface area contributed by atoms with Crippen molar-refractivity contribution in [2.45, 2.75) is 33.6 Å². The van der Waals surface area contributed by atoms with Crippen molar-refractivity contribution in [2.24, 2.45) is 11.0 Å². The van der Waals surface area contributed by atoms with E-state index in [0.29, 0.717) is 5.92 Å². The van der Waals surface area contributed by atoms with Crippen molar-refractivity contribution in [3.63, 3.8) is 0 Å². The molecular weight excluding hydrogens is 300 g/mol. The monoisotopic (exact) mass is 324 g/mol. The predicted octanol–water partition coefficient (Wildman–Crippen LogP) is 2.06. The molecule has 1 saturated heterocycles. The van der Waals surface area contributed by atoms with Gasteiger partial charge in [0.2, 0.25) is 5.91 Å². The highest BCUT2D eigenvalue weighted by Crippen LogP contribution is 2.21. The largest absolute Gasteiger partial charge is 0.378 e. The van der Waals surface area contributed by atoms with Gasteiger partial charge in [0, 0.05) is 24.2 Å². The molecule has 1 aromatic heterocycles. The number of nitrogens with one attached hydrogen (secondary N) is 1. The Morgan fingerprint density at radius 2 is 2.27 bits per heavy atom. The molecule has 2 heterocycles. The minimum Gasteiger partial charge on any atom is -0.378 e. The van der Waals surface area contributed by atoms with Gasteiger partial charge in [-0.05, 0) is 19.3 Å². The highest BCUT2D eigenvalue weighted by molar-refractivity contribution is 7.13. The Labute approximate surface area is 135 Å². The van der Waals surface area contributed by atoms with Gasteiger partial charge in [-0.15, -0.1) is 11.3 Å². The number of hydrogen-bond donors (Lipinski definition) is 1. The van der Waals surface area contributed by atoms with E-state index in [2.05, 4.69) is 34.3 Å². The molecule has 0 spiro atoms. The quantitative estimate of drug-likeness (QED) is 0.642. The summed E-state index contributed by atoms with van der Waals surface area (Å²) in [5.74, 6) is 0.258. The van der Waals surface area contributed by atoms with Crippen LogP contribution < -0.4 is 10.3 Å². The number of carbonyl (C=O) groups is 1. The molecule has 1 amide bonds. The summed E-state index contributed by atoms with van der Waals surface area (Å²) in [6, 6.07) is 0. The third-order valence-corrected chi connectivity index (χ3v) is 4.80. The van der Waals surface area contributed by atoms with Gasteiger partial charge in [-0.3, -0.25) is 4.79 Å². The molecule has 1 atom stereocenters. The van der Waals surface area contributed by atoms with Crippen molar-refractivity contribution in [3.8, 4) is 0 Å². The molecule has 0 radical (unpaired) electrons. The lowest BCUT2D eigenvalue weighted by atomic mass is 10.1. The molecule has 1 N–H and O–H groups in total. The predicted molar refractivity (Wildman–Crippen MR) is 89.6 cm³/mol. The van der Waals surface area contributed by atoms with Gasteiger partial charge in [-0.25, -0.2) is 10.4 Å². The van der Waals surface area contributed by atoms with Crippen LogP contribution in [-0.4, -0.2) is 42.9 Å². The summed E-state index contributed by atoms with van der Waals surface area (Å²) < 4.78 is 5.33. The van der Waals surface area contributed by atoms with Crippen LogP contribution in [0.5, 0.6) is 0 Å². The third-order valence-electron chi connectivity index (χ3n) is 3.85. The number of carbonyl (C=O) groups excluding carboxylic acids is 1. The van der Waals surface area contributed by atoms with E-state index in [1.54, 1.807) is 11.3 Å². The van der Waals surface area contributed by atoms with Crippen molar-refractivity contribution in [1.82, 2.24) is 10.4 Å². The highest BCUT2D eigenvalue weighted by Gasteiger charge is 2.15. The molecule has 0 aromatic carbocycles. The summed E-state index contributed by atoms with van der Waals surface area (Å²) >= 11 is 1.57. The standard InChI is InChI=1S/C15H24N4O2S/c1-4-11(2)12(3)17-18-14(20)9-13-10-22-15(16-13)19-5-7-21-8-6-19/h10-11H,4-9H2,1-3H3,(H,18,20)/b17-12-/t11-/m1/s1. The van der Waals surface area contributed by atoms with Crippen molar-refractivity contribution >= 4 is 28.1 Å². The second kappa shape index (κ2) is 8.24. The van der Waals surface area contributed by atoms with Crippen LogP contribution in [0.25, 0.3) is 0 Å². The lowest BCUT2D eigenvalue weighted by Gasteiger charge is -2.26. The molecule has 22 heavy (non-hydrogen) atoms. The first-order chi connectivity index (χ1) is 10.6. The number of morpholine rings is 1. The Hall–Kier alpha value is -1.47. The Bertz CT molecular complexity index is 523. The second-order valence-corrected chi connectivity index (χ2v) is 6.33. The first-order valence-electron chi connectivity index (χ1n) is 7.70. The van der Waals surface area contributed by atoms with Crippen LogP contribution in [0, 0.1) is 5.92 Å². The minimum absolute atomic E-state index is 0.124. The molecule has 0 aliphatic carbocycles. The van der Waals surface area contributed by atoms with Crippen molar-refractivity contribution in [2.75, 3.05) is 31.2 Å². The summed E-state index contributed by atoms with van der Waals surface area (Å²) in [6.07, 6.45) is 1.28. The third kappa shape index (κ3) is 4.78. The first-order valence-corrected chi connectivity index (χ1v) is 8.58. The number of nitrogens with zero attached hydrogens (tertiary/aromatic N) is 3. The molecule has 1 aliphatic rings. The van der Waals surface area contributed by atoms with Gasteiger partial charge in [0.1, 0.15) is 0 Å². The molecule has 0 unspecified atom stereocenters. The SMILES string of the molecule is CC[C@@H](C)/C(C)=N\NC(=O)Cc1csc(N2CCOCC2)n1. The topological polar surface area (TPSA) is 66.8 Å². The van der Waals surface area contributed by atoms with E-state index in [9.17, 15) is 4.79 Å². The van der Waals surface area contributed by atoms with Crippen molar-refractivity contribution in [3.05, 3.63) is 11.1 Å². The average Bonchev–Trinajstić information content (AvgIpc) is 3.01. The van der Waals surface area contributed by atoms with Gasteiger partial charge in [0.25, 0.3) is 0 Å². The van der Waals surface area contributed by atoms with Gasteiger partial charge in [0.15, 0.2) is 5.13 Å². The summed E-state index contributed by atoms with van der Waals surface area (Å²) in [6.45, 7) is 9.33. The Kier molecular flexibility index (Phi) is 6.33. The number of ether oxygens (including phenoxy) is 1. The molecule has 1 fully saturated rings. The number of hydrogen-bond acceptors (Lipinski definition) is 6. The second-order valence-electron chi connectivity index (χ2n) is 5.50. The lowest BCUT2D eigenvalue weighted by Crippen LogP contribution is -2.36. The molecular formula is C15H24N4O2S. The molecule has 1 aliphatic heterocycles. The zero-order valence-electron chi connectivity index (χ0n) is 13.5. The molecule has 7 heteroatoms. The number of amides is 1. The van der Waals surface area contributed by atoms with Gasteiger partial charge in [0.05, 0.1) is 25.3 Å². The average molecular weight is 324 g/mol. The number of aromatic nitrogens is 1. The van der Waals surface area contributed by atoms with E-state index in [-0.39, 0.29) is 12.3 Å². The Morgan fingerprint density at radius 1 is 1.55 bits per heavy atom. The van der Waals surface area contributed by atoms with Gasteiger partial charge >= 0.3 is 0 Å². The van der Waals surface area contributed by atoms with Crippen molar-refractivity contribution in [1.29, 1.82) is 0 Å². The van der Waals surface area contributed by atoms with Gasteiger partial charge < -0.3 is 9.64 Å². The Morgan fingerprint density at radius 3 is 2.95 bits per heavy atom. The molecule has 122 valence electrons. The van der Waals surface area contributed by atoms with E-state index in [0.717, 1.165) is 49.3 Å². The fourth-order valence-corrected chi connectivity index (χ4v) is 2.92. The summed E-state index contributed by atoms with van der Waals surface area (Å²) in [7, 11) is 0. The molecule has 6 nitrogen and oxygen atoms in total. The van der Waals surface area contributed by atoms with Gasteiger partial charge in [-0.1, -0.05) is 13.8 Å². The minimum atomic E-state index is -0.124. The fraction of sp³-hybridized carbons (Fsp3) is 0.667. The van der Waals surface area contributed by atoms with E-state index in [4.69, 9.17) is 4.74 Å².